The second-order valence-corrected chi connectivity index (χ2v) is 5.79. The molecule has 0 aliphatic heterocycles. The number of hydrogen-bond acceptors (Lipinski definition) is 5. The Labute approximate surface area is 134 Å². The van der Waals surface area contributed by atoms with Crippen molar-refractivity contribution in [3.8, 4) is 6.07 Å². The highest BCUT2D eigenvalue weighted by molar-refractivity contribution is 7.99. The number of H-pyrrole nitrogens is 1. The maximum absolute atomic E-state index is 12.2. The van der Waals surface area contributed by atoms with E-state index >= 15 is 0 Å². The topological polar surface area (TPSA) is 89.8 Å². The van der Waals surface area contributed by atoms with E-state index in [2.05, 4.69) is 9.97 Å². The number of aromatic amines is 1. The second-order valence-electron chi connectivity index (χ2n) is 4.83. The predicted molar refractivity (Wildman–Crippen MR) is 86.8 cm³/mol. The lowest BCUT2D eigenvalue weighted by Gasteiger charge is -2.21. The van der Waals surface area contributed by atoms with E-state index in [1.165, 1.54) is 11.8 Å². The standard InChI is InChI=1S/C15H22N4O2S/c1-4-7-19(8-5-2)13(20)10-22-15-17-12(6-3)11(9-16)14(21)18-15/h4-8,10H2,1-3H3,(H,17,18,21). The van der Waals surface area contributed by atoms with Crippen LogP contribution in [0, 0.1) is 11.3 Å². The molecule has 1 rings (SSSR count). The zero-order chi connectivity index (χ0) is 16.5. The molecule has 0 spiro atoms. The molecule has 1 heterocycles. The van der Waals surface area contributed by atoms with E-state index in [0.29, 0.717) is 17.3 Å². The van der Waals surface area contributed by atoms with Crippen molar-refractivity contribution in [2.45, 2.75) is 45.2 Å². The Kier molecular flexibility index (Phi) is 7.67. The third-order valence-electron chi connectivity index (χ3n) is 3.09. The molecule has 1 N–H and O–H groups in total. The van der Waals surface area contributed by atoms with Gasteiger partial charge in [0.25, 0.3) is 5.56 Å². The Bertz CT molecular complexity index is 601. The van der Waals surface area contributed by atoms with Crippen LogP contribution in [0.1, 0.15) is 44.9 Å². The fourth-order valence-electron chi connectivity index (χ4n) is 2.06. The molecule has 22 heavy (non-hydrogen) atoms. The fraction of sp³-hybridized carbons (Fsp3) is 0.600. The molecule has 0 fully saturated rings. The van der Waals surface area contributed by atoms with Gasteiger partial charge in [0.1, 0.15) is 11.6 Å². The highest BCUT2D eigenvalue weighted by atomic mass is 32.2. The van der Waals surface area contributed by atoms with Crippen molar-refractivity contribution in [1.29, 1.82) is 5.26 Å². The molecule has 0 aromatic carbocycles. The third-order valence-corrected chi connectivity index (χ3v) is 3.95. The first kappa shape index (κ1) is 18.2. The van der Waals surface area contributed by atoms with Gasteiger partial charge in [0.05, 0.1) is 11.4 Å². The molecule has 0 atom stereocenters. The highest BCUT2D eigenvalue weighted by Gasteiger charge is 2.14. The predicted octanol–water partition coefficient (Wildman–Crippen LogP) is 1.94. The number of nitriles is 1. The van der Waals surface area contributed by atoms with Crippen LogP contribution in [0.3, 0.4) is 0 Å². The van der Waals surface area contributed by atoms with Gasteiger partial charge in [-0.25, -0.2) is 4.98 Å². The van der Waals surface area contributed by atoms with Gasteiger partial charge in [-0.2, -0.15) is 5.26 Å². The van der Waals surface area contributed by atoms with Crippen LogP contribution in [0.15, 0.2) is 9.95 Å². The number of carbonyl (C=O) groups is 1. The summed E-state index contributed by atoms with van der Waals surface area (Å²) in [6, 6.07) is 1.87. The van der Waals surface area contributed by atoms with Crippen LogP contribution in [-0.4, -0.2) is 39.6 Å². The van der Waals surface area contributed by atoms with E-state index < -0.39 is 5.56 Å². The van der Waals surface area contributed by atoms with Crippen LogP contribution in [0.2, 0.25) is 0 Å². The number of aromatic nitrogens is 2. The van der Waals surface area contributed by atoms with Crippen molar-refractivity contribution >= 4 is 17.7 Å². The van der Waals surface area contributed by atoms with Crippen molar-refractivity contribution in [1.82, 2.24) is 14.9 Å². The summed E-state index contributed by atoms with van der Waals surface area (Å²) < 4.78 is 0. The van der Waals surface area contributed by atoms with Gasteiger partial charge >= 0.3 is 0 Å². The minimum atomic E-state index is -0.441. The molecule has 120 valence electrons. The number of hydrogen-bond donors (Lipinski definition) is 1. The number of carbonyl (C=O) groups excluding carboxylic acids is 1. The van der Waals surface area contributed by atoms with Gasteiger partial charge in [0.15, 0.2) is 5.16 Å². The zero-order valence-corrected chi connectivity index (χ0v) is 14.1. The summed E-state index contributed by atoms with van der Waals surface area (Å²) in [6.45, 7) is 7.40. The smallest absolute Gasteiger partial charge is 0.269 e. The largest absolute Gasteiger partial charge is 0.342 e. The lowest BCUT2D eigenvalue weighted by atomic mass is 10.2. The van der Waals surface area contributed by atoms with Gasteiger partial charge in [0, 0.05) is 13.1 Å². The Balaban J connectivity index is 2.80. The Hall–Kier alpha value is -1.81. The summed E-state index contributed by atoms with van der Waals surface area (Å²) in [7, 11) is 0. The van der Waals surface area contributed by atoms with Crippen LogP contribution in [0.4, 0.5) is 0 Å². The molecular weight excluding hydrogens is 300 g/mol. The van der Waals surface area contributed by atoms with Gasteiger partial charge in [-0.1, -0.05) is 32.5 Å². The van der Waals surface area contributed by atoms with Crippen molar-refractivity contribution in [2.75, 3.05) is 18.8 Å². The number of rotatable bonds is 8. The lowest BCUT2D eigenvalue weighted by Crippen LogP contribution is -2.34. The second kappa shape index (κ2) is 9.26. The van der Waals surface area contributed by atoms with E-state index in [9.17, 15) is 9.59 Å². The molecular formula is C15H22N4O2S. The molecule has 0 unspecified atom stereocenters. The Morgan fingerprint density at radius 2 is 1.95 bits per heavy atom. The van der Waals surface area contributed by atoms with Gasteiger partial charge in [-0.3, -0.25) is 9.59 Å². The van der Waals surface area contributed by atoms with E-state index in [0.717, 1.165) is 25.9 Å². The highest BCUT2D eigenvalue weighted by Crippen LogP contribution is 2.14. The molecule has 0 radical (unpaired) electrons. The number of aryl methyl sites for hydroxylation is 1. The summed E-state index contributed by atoms with van der Waals surface area (Å²) in [4.78, 5) is 32.7. The average molecular weight is 322 g/mol. The van der Waals surface area contributed by atoms with Crippen molar-refractivity contribution in [3.05, 3.63) is 21.6 Å². The van der Waals surface area contributed by atoms with Crippen molar-refractivity contribution in [3.63, 3.8) is 0 Å². The molecule has 0 saturated carbocycles. The van der Waals surface area contributed by atoms with Crippen molar-refractivity contribution in [2.24, 2.45) is 0 Å². The minimum absolute atomic E-state index is 0.0405. The van der Waals surface area contributed by atoms with Gasteiger partial charge in [0.2, 0.25) is 5.91 Å². The minimum Gasteiger partial charge on any atom is -0.342 e. The zero-order valence-electron chi connectivity index (χ0n) is 13.3. The average Bonchev–Trinajstić information content (AvgIpc) is 2.51. The summed E-state index contributed by atoms with van der Waals surface area (Å²) in [5.41, 5.74) is 0.0835. The molecule has 0 bridgehead atoms. The fourth-order valence-corrected chi connectivity index (χ4v) is 2.84. The van der Waals surface area contributed by atoms with Crippen molar-refractivity contribution < 1.29 is 4.79 Å². The Morgan fingerprint density at radius 3 is 2.45 bits per heavy atom. The summed E-state index contributed by atoms with van der Waals surface area (Å²) in [5, 5.41) is 9.34. The van der Waals surface area contributed by atoms with Crippen LogP contribution < -0.4 is 5.56 Å². The molecule has 0 aliphatic rings. The first-order valence-electron chi connectivity index (χ1n) is 7.51. The van der Waals surface area contributed by atoms with E-state index in [-0.39, 0.29) is 17.2 Å². The molecule has 1 amide bonds. The third kappa shape index (κ3) is 4.88. The first-order valence-corrected chi connectivity index (χ1v) is 8.49. The van der Waals surface area contributed by atoms with E-state index in [1.54, 1.807) is 0 Å². The van der Waals surface area contributed by atoms with Crippen LogP contribution in [-0.2, 0) is 11.2 Å². The molecule has 1 aromatic heterocycles. The monoisotopic (exact) mass is 322 g/mol. The lowest BCUT2D eigenvalue weighted by molar-refractivity contribution is -0.128. The van der Waals surface area contributed by atoms with E-state index in [1.807, 2.05) is 31.7 Å². The molecule has 1 aromatic rings. The van der Waals surface area contributed by atoms with Gasteiger partial charge in [-0.15, -0.1) is 0 Å². The van der Waals surface area contributed by atoms with Crippen LogP contribution in [0.5, 0.6) is 0 Å². The molecule has 0 aliphatic carbocycles. The van der Waals surface area contributed by atoms with E-state index in [4.69, 9.17) is 5.26 Å². The molecule has 7 heteroatoms. The summed E-state index contributed by atoms with van der Waals surface area (Å²) >= 11 is 1.20. The van der Waals surface area contributed by atoms with Crippen LogP contribution in [0.25, 0.3) is 0 Å². The quantitative estimate of drug-likeness (QED) is 0.583. The number of amides is 1. The van der Waals surface area contributed by atoms with Crippen LogP contribution >= 0.6 is 11.8 Å². The SMILES string of the molecule is CCCN(CCC)C(=O)CSc1nc(CC)c(C#N)c(=O)[nH]1. The van der Waals surface area contributed by atoms with Gasteiger partial charge < -0.3 is 9.88 Å². The number of thioether (sulfide) groups is 1. The number of nitrogens with one attached hydrogen (secondary N) is 1. The maximum Gasteiger partial charge on any atom is 0.269 e. The molecule has 0 saturated heterocycles. The Morgan fingerprint density at radius 1 is 1.32 bits per heavy atom. The summed E-state index contributed by atoms with van der Waals surface area (Å²) in [6.07, 6.45) is 2.34. The van der Waals surface area contributed by atoms with Gasteiger partial charge in [-0.05, 0) is 19.3 Å². The number of nitrogens with zero attached hydrogens (tertiary/aromatic N) is 3. The summed E-state index contributed by atoms with van der Waals surface area (Å²) in [5.74, 6) is 0.275. The first-order chi connectivity index (χ1) is 10.6. The maximum atomic E-state index is 12.2. The molecule has 6 nitrogen and oxygen atoms in total. The normalized spacial score (nSPS) is 10.3.